The summed E-state index contributed by atoms with van der Waals surface area (Å²) in [6, 6.07) is 11.4. The van der Waals surface area contributed by atoms with E-state index in [1.165, 1.54) is 17.7 Å². The molecule has 1 amide bonds. The van der Waals surface area contributed by atoms with Crippen LogP contribution < -0.4 is 11.1 Å². The van der Waals surface area contributed by atoms with Crippen LogP contribution in [0, 0.1) is 5.82 Å². The number of nitrogens with one attached hydrogen (secondary N) is 1. The Morgan fingerprint density at radius 3 is 2.57 bits per heavy atom. The highest BCUT2D eigenvalue weighted by atomic mass is 19.1. The van der Waals surface area contributed by atoms with E-state index in [1.807, 2.05) is 24.3 Å². The Balaban J connectivity index is 2.07. The van der Waals surface area contributed by atoms with Gasteiger partial charge in [-0.25, -0.2) is 4.39 Å². The molecule has 0 unspecified atom stereocenters. The van der Waals surface area contributed by atoms with Crippen LogP contribution in [0.2, 0.25) is 0 Å². The lowest BCUT2D eigenvalue weighted by Gasteiger charge is -2.08. The van der Waals surface area contributed by atoms with Crippen LogP contribution in [0.5, 0.6) is 0 Å². The van der Waals surface area contributed by atoms with Crippen LogP contribution in [-0.4, -0.2) is 5.91 Å². The molecule has 0 aliphatic carbocycles. The maximum atomic E-state index is 13.2. The maximum absolute atomic E-state index is 13.2. The van der Waals surface area contributed by atoms with E-state index < -0.39 is 11.7 Å². The largest absolute Gasteiger partial charge is 0.398 e. The first-order chi connectivity index (χ1) is 10.1. The number of unbranched alkanes of at least 4 members (excludes halogenated alkanes) is 1. The van der Waals surface area contributed by atoms with Crippen molar-refractivity contribution in [3.63, 3.8) is 0 Å². The lowest BCUT2D eigenvalue weighted by Crippen LogP contribution is -2.14. The van der Waals surface area contributed by atoms with Crippen LogP contribution in [0.25, 0.3) is 0 Å². The van der Waals surface area contributed by atoms with E-state index in [4.69, 9.17) is 5.73 Å². The molecule has 2 rings (SSSR count). The van der Waals surface area contributed by atoms with Crippen molar-refractivity contribution in [3.05, 3.63) is 59.4 Å². The minimum atomic E-state index is -0.482. The molecular weight excluding hydrogens is 267 g/mol. The van der Waals surface area contributed by atoms with Gasteiger partial charge in [0.1, 0.15) is 5.82 Å². The molecule has 4 heteroatoms. The van der Waals surface area contributed by atoms with Gasteiger partial charge in [0.2, 0.25) is 0 Å². The summed E-state index contributed by atoms with van der Waals surface area (Å²) in [6.07, 6.45) is 3.32. The highest BCUT2D eigenvalue weighted by molar-refractivity contribution is 6.07. The quantitative estimate of drug-likeness (QED) is 0.816. The lowest BCUT2D eigenvalue weighted by atomic mass is 10.1. The van der Waals surface area contributed by atoms with Gasteiger partial charge in [-0.2, -0.15) is 0 Å². The molecule has 3 N–H and O–H groups in total. The van der Waals surface area contributed by atoms with Crippen molar-refractivity contribution in [1.82, 2.24) is 0 Å². The Labute approximate surface area is 124 Å². The summed E-state index contributed by atoms with van der Waals surface area (Å²) in [4.78, 5) is 12.1. The first-order valence-electron chi connectivity index (χ1n) is 7.05. The Morgan fingerprint density at radius 1 is 1.19 bits per heavy atom. The molecule has 0 fully saturated rings. The zero-order valence-electron chi connectivity index (χ0n) is 12.0. The fourth-order valence-corrected chi connectivity index (χ4v) is 2.06. The van der Waals surface area contributed by atoms with Gasteiger partial charge < -0.3 is 11.1 Å². The van der Waals surface area contributed by atoms with E-state index in [2.05, 4.69) is 12.2 Å². The summed E-state index contributed by atoms with van der Waals surface area (Å²) >= 11 is 0. The number of aryl methyl sites for hydroxylation is 1. The topological polar surface area (TPSA) is 55.1 Å². The second-order valence-electron chi connectivity index (χ2n) is 4.99. The molecule has 0 radical (unpaired) electrons. The summed E-state index contributed by atoms with van der Waals surface area (Å²) in [5.74, 6) is -0.891. The van der Waals surface area contributed by atoms with E-state index in [1.54, 1.807) is 0 Å². The van der Waals surface area contributed by atoms with Crippen LogP contribution in [0.3, 0.4) is 0 Å². The number of benzene rings is 2. The number of hydrogen-bond donors (Lipinski definition) is 2. The van der Waals surface area contributed by atoms with E-state index in [0.29, 0.717) is 5.69 Å². The van der Waals surface area contributed by atoms with Crippen molar-refractivity contribution >= 4 is 17.3 Å². The molecule has 2 aromatic rings. The maximum Gasteiger partial charge on any atom is 0.257 e. The SMILES string of the molecule is CCCCc1ccc(NC(=O)c2cc(F)ccc2N)cc1. The summed E-state index contributed by atoms with van der Waals surface area (Å²) in [5, 5.41) is 2.72. The van der Waals surface area contributed by atoms with Crippen LogP contribution in [-0.2, 0) is 6.42 Å². The van der Waals surface area contributed by atoms with E-state index in [-0.39, 0.29) is 11.3 Å². The fraction of sp³-hybridized carbons (Fsp3) is 0.235. The number of amides is 1. The highest BCUT2D eigenvalue weighted by Crippen LogP contribution is 2.17. The number of carbonyl (C=O) groups excluding carboxylic acids is 1. The number of nitrogens with two attached hydrogens (primary N) is 1. The summed E-state index contributed by atoms with van der Waals surface area (Å²) < 4.78 is 13.2. The molecule has 0 atom stereocenters. The summed E-state index contributed by atoms with van der Waals surface area (Å²) in [7, 11) is 0. The monoisotopic (exact) mass is 286 g/mol. The Hall–Kier alpha value is -2.36. The lowest BCUT2D eigenvalue weighted by molar-refractivity contribution is 0.102. The Morgan fingerprint density at radius 2 is 1.90 bits per heavy atom. The standard InChI is InChI=1S/C17H19FN2O/c1-2-3-4-12-5-8-14(9-6-12)20-17(21)15-11-13(18)7-10-16(15)19/h5-11H,2-4,19H2,1H3,(H,20,21). The van der Waals surface area contributed by atoms with Gasteiger partial charge in [-0.1, -0.05) is 25.5 Å². The molecule has 110 valence electrons. The predicted octanol–water partition coefficient (Wildman–Crippen LogP) is 4.00. The number of anilines is 2. The predicted molar refractivity (Wildman–Crippen MR) is 83.8 cm³/mol. The third kappa shape index (κ3) is 4.05. The third-order valence-corrected chi connectivity index (χ3v) is 3.29. The highest BCUT2D eigenvalue weighted by Gasteiger charge is 2.11. The molecule has 0 aromatic heterocycles. The van der Waals surface area contributed by atoms with E-state index in [9.17, 15) is 9.18 Å². The second kappa shape index (κ2) is 6.88. The van der Waals surface area contributed by atoms with Crippen molar-refractivity contribution in [1.29, 1.82) is 0 Å². The van der Waals surface area contributed by atoms with E-state index in [0.717, 1.165) is 25.3 Å². The first kappa shape index (κ1) is 15.0. The molecule has 0 spiro atoms. The number of nitrogen functional groups attached to an aromatic ring is 1. The van der Waals surface area contributed by atoms with Crippen molar-refractivity contribution < 1.29 is 9.18 Å². The Bertz CT molecular complexity index is 623. The molecule has 21 heavy (non-hydrogen) atoms. The third-order valence-electron chi connectivity index (χ3n) is 3.29. The second-order valence-corrected chi connectivity index (χ2v) is 4.99. The number of rotatable bonds is 5. The van der Waals surface area contributed by atoms with Crippen LogP contribution >= 0.6 is 0 Å². The van der Waals surface area contributed by atoms with Gasteiger partial charge in [0.05, 0.1) is 5.56 Å². The van der Waals surface area contributed by atoms with Crippen LogP contribution in [0.15, 0.2) is 42.5 Å². The van der Waals surface area contributed by atoms with Crippen LogP contribution in [0.1, 0.15) is 35.7 Å². The van der Waals surface area contributed by atoms with Gasteiger partial charge in [-0.15, -0.1) is 0 Å². The fourth-order valence-electron chi connectivity index (χ4n) is 2.06. The minimum absolute atomic E-state index is 0.144. The molecule has 3 nitrogen and oxygen atoms in total. The molecule has 0 saturated heterocycles. The van der Waals surface area contributed by atoms with Gasteiger partial charge >= 0.3 is 0 Å². The first-order valence-corrected chi connectivity index (χ1v) is 7.05. The molecule has 0 aliphatic heterocycles. The van der Waals surface area contributed by atoms with Gasteiger partial charge in [0, 0.05) is 11.4 Å². The van der Waals surface area contributed by atoms with Gasteiger partial charge in [0.25, 0.3) is 5.91 Å². The van der Waals surface area contributed by atoms with Crippen molar-refractivity contribution in [2.24, 2.45) is 0 Å². The zero-order valence-corrected chi connectivity index (χ0v) is 12.0. The van der Waals surface area contributed by atoms with Crippen molar-refractivity contribution in [2.45, 2.75) is 26.2 Å². The number of hydrogen-bond acceptors (Lipinski definition) is 2. The number of carbonyl (C=O) groups is 1. The zero-order chi connectivity index (χ0) is 15.2. The summed E-state index contributed by atoms with van der Waals surface area (Å²) in [5.41, 5.74) is 8.00. The number of halogens is 1. The molecule has 2 aromatic carbocycles. The molecule has 0 bridgehead atoms. The molecule has 0 saturated carbocycles. The molecule has 0 heterocycles. The Kier molecular flexibility index (Phi) is 4.93. The summed E-state index contributed by atoms with van der Waals surface area (Å²) in [6.45, 7) is 2.15. The van der Waals surface area contributed by atoms with E-state index >= 15 is 0 Å². The average Bonchev–Trinajstić information content (AvgIpc) is 2.49. The van der Waals surface area contributed by atoms with Crippen molar-refractivity contribution in [2.75, 3.05) is 11.1 Å². The average molecular weight is 286 g/mol. The van der Waals surface area contributed by atoms with Crippen LogP contribution in [0.4, 0.5) is 15.8 Å². The molecular formula is C17H19FN2O. The van der Waals surface area contributed by atoms with Gasteiger partial charge in [0.15, 0.2) is 0 Å². The van der Waals surface area contributed by atoms with Crippen molar-refractivity contribution in [3.8, 4) is 0 Å². The smallest absolute Gasteiger partial charge is 0.257 e. The minimum Gasteiger partial charge on any atom is -0.398 e. The normalized spacial score (nSPS) is 10.4. The van der Waals surface area contributed by atoms with Gasteiger partial charge in [-0.05, 0) is 48.7 Å². The van der Waals surface area contributed by atoms with Gasteiger partial charge in [-0.3, -0.25) is 4.79 Å². The molecule has 0 aliphatic rings.